The first-order valence-electron chi connectivity index (χ1n) is 5.26. The maximum Gasteiger partial charge on any atom is 0.130 e. The summed E-state index contributed by atoms with van der Waals surface area (Å²) in [6.07, 6.45) is 2.21. The molecule has 0 aromatic heterocycles. The van der Waals surface area contributed by atoms with Gasteiger partial charge in [-0.3, -0.25) is 0 Å². The molecule has 1 heterocycles. The molecule has 1 saturated heterocycles. The predicted octanol–water partition coefficient (Wildman–Crippen LogP) is 2.10. The van der Waals surface area contributed by atoms with Gasteiger partial charge in [0.2, 0.25) is 0 Å². The quantitative estimate of drug-likeness (QED) is 0.738. The standard InChI is InChI=1S/C12H15FNO/c1-14-7-5-11(6-8-14)15-12-4-2-3-10(13)9-12/h2-3,9,11H,5-8H2,1H3. The van der Waals surface area contributed by atoms with E-state index in [1.165, 1.54) is 12.1 Å². The SMILES string of the molecule is CN1CCC(Oc2[c]ccc(F)c2)CC1. The number of rotatable bonds is 2. The third-order valence-electron chi connectivity index (χ3n) is 2.70. The van der Waals surface area contributed by atoms with Crippen LogP contribution in [0.1, 0.15) is 12.8 Å². The van der Waals surface area contributed by atoms with E-state index in [-0.39, 0.29) is 11.9 Å². The van der Waals surface area contributed by atoms with Crippen LogP contribution in [0, 0.1) is 11.9 Å². The van der Waals surface area contributed by atoms with Crippen molar-refractivity contribution in [2.75, 3.05) is 20.1 Å². The summed E-state index contributed by atoms with van der Waals surface area (Å²) in [4.78, 5) is 2.27. The number of nitrogens with zero attached hydrogens (tertiary/aromatic N) is 1. The molecule has 1 aliphatic rings. The van der Waals surface area contributed by atoms with Gasteiger partial charge in [-0.2, -0.15) is 0 Å². The Hall–Kier alpha value is -1.09. The van der Waals surface area contributed by atoms with E-state index in [9.17, 15) is 4.39 Å². The lowest BCUT2D eigenvalue weighted by molar-refractivity contribution is 0.114. The van der Waals surface area contributed by atoms with Crippen LogP contribution in [-0.4, -0.2) is 31.1 Å². The van der Waals surface area contributed by atoms with Crippen LogP contribution in [0.25, 0.3) is 0 Å². The molecule has 0 saturated carbocycles. The van der Waals surface area contributed by atoms with E-state index in [0.29, 0.717) is 5.75 Å². The monoisotopic (exact) mass is 208 g/mol. The maximum atomic E-state index is 12.9. The summed E-state index contributed by atoms with van der Waals surface area (Å²) >= 11 is 0. The van der Waals surface area contributed by atoms with Crippen molar-refractivity contribution >= 4 is 0 Å². The third kappa shape index (κ3) is 2.93. The van der Waals surface area contributed by atoms with Crippen LogP contribution in [0.15, 0.2) is 18.2 Å². The fourth-order valence-electron chi connectivity index (χ4n) is 1.77. The predicted molar refractivity (Wildman–Crippen MR) is 56.4 cm³/mol. The van der Waals surface area contributed by atoms with Gasteiger partial charge in [-0.05, 0) is 32.0 Å². The van der Waals surface area contributed by atoms with Gasteiger partial charge in [0.05, 0.1) is 0 Å². The molecule has 1 fully saturated rings. The minimum atomic E-state index is -0.267. The zero-order chi connectivity index (χ0) is 10.7. The average molecular weight is 208 g/mol. The van der Waals surface area contributed by atoms with Crippen LogP contribution in [-0.2, 0) is 0 Å². The zero-order valence-corrected chi connectivity index (χ0v) is 8.87. The Balaban J connectivity index is 1.92. The molecule has 0 bridgehead atoms. The van der Waals surface area contributed by atoms with Gasteiger partial charge in [0, 0.05) is 25.2 Å². The Kier molecular flexibility index (Phi) is 3.21. The molecule has 2 rings (SSSR count). The van der Waals surface area contributed by atoms with Crippen LogP contribution in [0.2, 0.25) is 0 Å². The van der Waals surface area contributed by atoms with Gasteiger partial charge in [0.1, 0.15) is 17.7 Å². The summed E-state index contributed by atoms with van der Waals surface area (Å²) in [7, 11) is 2.10. The lowest BCUT2D eigenvalue weighted by atomic mass is 10.1. The van der Waals surface area contributed by atoms with E-state index in [1.807, 2.05) is 0 Å². The Morgan fingerprint density at radius 1 is 1.47 bits per heavy atom. The van der Waals surface area contributed by atoms with Crippen molar-refractivity contribution in [1.29, 1.82) is 0 Å². The molecule has 1 aliphatic heterocycles. The second kappa shape index (κ2) is 4.62. The maximum absolute atomic E-state index is 12.9. The lowest BCUT2D eigenvalue weighted by Gasteiger charge is -2.29. The van der Waals surface area contributed by atoms with Crippen LogP contribution in [0.4, 0.5) is 4.39 Å². The van der Waals surface area contributed by atoms with E-state index in [0.717, 1.165) is 25.9 Å². The summed E-state index contributed by atoms with van der Waals surface area (Å²) in [6, 6.07) is 7.21. The van der Waals surface area contributed by atoms with E-state index < -0.39 is 0 Å². The van der Waals surface area contributed by atoms with Gasteiger partial charge < -0.3 is 9.64 Å². The van der Waals surface area contributed by atoms with Crippen LogP contribution in [0.5, 0.6) is 5.75 Å². The first-order valence-corrected chi connectivity index (χ1v) is 5.26. The van der Waals surface area contributed by atoms with Crippen molar-refractivity contribution in [2.24, 2.45) is 0 Å². The molecule has 0 atom stereocenters. The molecule has 0 spiro atoms. The van der Waals surface area contributed by atoms with E-state index in [1.54, 1.807) is 6.07 Å². The van der Waals surface area contributed by atoms with Crippen LogP contribution < -0.4 is 4.74 Å². The Morgan fingerprint density at radius 2 is 2.20 bits per heavy atom. The highest BCUT2D eigenvalue weighted by Crippen LogP contribution is 2.18. The highest BCUT2D eigenvalue weighted by atomic mass is 19.1. The van der Waals surface area contributed by atoms with Gasteiger partial charge in [0.25, 0.3) is 0 Å². The molecule has 3 heteroatoms. The Bertz CT molecular complexity index is 321. The highest BCUT2D eigenvalue weighted by Gasteiger charge is 2.17. The van der Waals surface area contributed by atoms with Crippen LogP contribution >= 0.6 is 0 Å². The van der Waals surface area contributed by atoms with Crippen molar-refractivity contribution in [1.82, 2.24) is 4.90 Å². The first-order chi connectivity index (χ1) is 7.24. The van der Waals surface area contributed by atoms with Gasteiger partial charge in [-0.1, -0.05) is 0 Å². The summed E-state index contributed by atoms with van der Waals surface area (Å²) in [5, 5.41) is 0. The molecule has 1 radical (unpaired) electrons. The smallest absolute Gasteiger partial charge is 0.130 e. The third-order valence-corrected chi connectivity index (χ3v) is 2.70. The first kappa shape index (κ1) is 10.4. The fraction of sp³-hybridized carbons (Fsp3) is 0.500. The summed E-state index contributed by atoms with van der Waals surface area (Å²) in [5.74, 6) is 0.251. The molecule has 1 aromatic carbocycles. The zero-order valence-electron chi connectivity index (χ0n) is 8.87. The topological polar surface area (TPSA) is 12.5 Å². The molecule has 0 N–H and O–H groups in total. The number of piperidine rings is 1. The van der Waals surface area contributed by atoms with E-state index >= 15 is 0 Å². The summed E-state index contributed by atoms with van der Waals surface area (Å²) in [5.41, 5.74) is 0. The Morgan fingerprint density at radius 3 is 2.87 bits per heavy atom. The largest absolute Gasteiger partial charge is 0.490 e. The van der Waals surface area contributed by atoms with Gasteiger partial charge in [-0.15, -0.1) is 0 Å². The highest BCUT2D eigenvalue weighted by molar-refractivity contribution is 5.21. The normalized spacial score (nSPS) is 19.1. The van der Waals surface area contributed by atoms with Crippen molar-refractivity contribution in [3.05, 3.63) is 30.1 Å². The summed E-state index contributed by atoms with van der Waals surface area (Å²) < 4.78 is 18.5. The Labute approximate surface area is 89.7 Å². The van der Waals surface area contributed by atoms with Gasteiger partial charge in [-0.25, -0.2) is 4.39 Å². The van der Waals surface area contributed by atoms with Crippen molar-refractivity contribution in [3.63, 3.8) is 0 Å². The number of hydrogen-bond acceptors (Lipinski definition) is 2. The van der Waals surface area contributed by atoms with E-state index in [4.69, 9.17) is 4.74 Å². The molecule has 0 unspecified atom stereocenters. The molecule has 15 heavy (non-hydrogen) atoms. The van der Waals surface area contributed by atoms with Crippen molar-refractivity contribution in [3.8, 4) is 5.75 Å². The molecular weight excluding hydrogens is 193 g/mol. The number of likely N-dealkylation sites (tertiary alicyclic amines) is 1. The number of halogens is 1. The van der Waals surface area contributed by atoms with Gasteiger partial charge >= 0.3 is 0 Å². The number of benzene rings is 1. The molecule has 81 valence electrons. The second-order valence-electron chi connectivity index (χ2n) is 3.99. The van der Waals surface area contributed by atoms with Gasteiger partial charge in [0.15, 0.2) is 0 Å². The molecule has 0 aliphatic carbocycles. The van der Waals surface area contributed by atoms with E-state index in [2.05, 4.69) is 18.0 Å². The van der Waals surface area contributed by atoms with Crippen molar-refractivity contribution < 1.29 is 9.13 Å². The molecule has 0 amide bonds. The minimum absolute atomic E-state index is 0.208. The van der Waals surface area contributed by atoms with Crippen LogP contribution in [0.3, 0.4) is 0 Å². The molecule has 2 nitrogen and oxygen atoms in total. The number of hydrogen-bond donors (Lipinski definition) is 0. The fourth-order valence-corrected chi connectivity index (χ4v) is 1.77. The number of ether oxygens (including phenoxy) is 1. The molecular formula is C12H15FNO. The average Bonchev–Trinajstić information content (AvgIpc) is 2.22. The van der Waals surface area contributed by atoms with Crippen molar-refractivity contribution in [2.45, 2.75) is 18.9 Å². The minimum Gasteiger partial charge on any atom is -0.490 e. The second-order valence-corrected chi connectivity index (χ2v) is 3.99. The molecule has 1 aromatic rings. The summed E-state index contributed by atoms with van der Waals surface area (Å²) in [6.45, 7) is 2.08. The lowest BCUT2D eigenvalue weighted by Crippen LogP contribution is -2.35.